The predicted molar refractivity (Wildman–Crippen MR) is 59.7 cm³/mol. The van der Waals surface area contributed by atoms with Crippen molar-refractivity contribution < 1.29 is 4.79 Å². The van der Waals surface area contributed by atoms with Crippen molar-refractivity contribution in [3.63, 3.8) is 0 Å². The van der Waals surface area contributed by atoms with Crippen molar-refractivity contribution in [1.82, 2.24) is 0 Å². The fourth-order valence-corrected chi connectivity index (χ4v) is 1.75. The second-order valence-electron chi connectivity index (χ2n) is 3.94. The van der Waals surface area contributed by atoms with E-state index >= 15 is 0 Å². The van der Waals surface area contributed by atoms with Crippen LogP contribution in [0, 0.1) is 11.8 Å². The van der Waals surface area contributed by atoms with E-state index in [0.717, 1.165) is 12.2 Å². The topological polar surface area (TPSA) is 43.1 Å². The second-order valence-corrected chi connectivity index (χ2v) is 4.96. The van der Waals surface area contributed by atoms with Crippen molar-refractivity contribution in [1.29, 1.82) is 0 Å². The minimum absolute atomic E-state index is 0.142. The zero-order valence-electron chi connectivity index (χ0n) is 9.04. The average molecular weight is 203 g/mol. The molecule has 0 saturated heterocycles. The van der Waals surface area contributed by atoms with Crippen LogP contribution in [-0.2, 0) is 4.79 Å². The van der Waals surface area contributed by atoms with Crippen molar-refractivity contribution in [3.8, 4) is 0 Å². The summed E-state index contributed by atoms with van der Waals surface area (Å²) in [7, 11) is 0. The Kier molecular flexibility index (Phi) is 6.43. The zero-order chi connectivity index (χ0) is 10.4. The second kappa shape index (κ2) is 6.44. The Morgan fingerprint density at radius 1 is 1.38 bits per heavy atom. The van der Waals surface area contributed by atoms with Gasteiger partial charge in [0.2, 0.25) is 5.12 Å². The van der Waals surface area contributed by atoms with Gasteiger partial charge in [0.25, 0.3) is 0 Å². The molecule has 2 N–H and O–H groups in total. The molecule has 0 spiro atoms. The summed E-state index contributed by atoms with van der Waals surface area (Å²) >= 11 is 1.37. The fourth-order valence-electron chi connectivity index (χ4n) is 0.831. The van der Waals surface area contributed by atoms with Crippen LogP contribution in [0.15, 0.2) is 0 Å². The van der Waals surface area contributed by atoms with Crippen LogP contribution < -0.4 is 5.73 Å². The minimum Gasteiger partial charge on any atom is -0.321 e. The highest BCUT2D eigenvalue weighted by Crippen LogP contribution is 2.15. The molecule has 0 aliphatic rings. The molecule has 0 aliphatic carbocycles. The first kappa shape index (κ1) is 13.0. The summed E-state index contributed by atoms with van der Waals surface area (Å²) in [5.41, 5.74) is 5.79. The molecule has 0 bridgehead atoms. The molecular formula is C10H21NOS. The molecule has 2 unspecified atom stereocenters. The molecule has 0 fully saturated rings. The van der Waals surface area contributed by atoms with Crippen LogP contribution in [0.5, 0.6) is 0 Å². The summed E-state index contributed by atoms with van der Waals surface area (Å²) in [5.74, 6) is 1.73. The maximum atomic E-state index is 11.5. The molecule has 0 aromatic carbocycles. The lowest BCUT2D eigenvalue weighted by Gasteiger charge is -2.16. The highest BCUT2D eigenvalue weighted by atomic mass is 32.2. The van der Waals surface area contributed by atoms with E-state index in [1.54, 1.807) is 0 Å². The van der Waals surface area contributed by atoms with Gasteiger partial charge in [-0.2, -0.15) is 0 Å². The quantitative estimate of drug-likeness (QED) is 0.745. The zero-order valence-corrected chi connectivity index (χ0v) is 9.86. The van der Waals surface area contributed by atoms with Gasteiger partial charge in [-0.25, -0.2) is 0 Å². The largest absolute Gasteiger partial charge is 0.321 e. The van der Waals surface area contributed by atoms with Crippen LogP contribution in [0.3, 0.4) is 0 Å². The van der Waals surface area contributed by atoms with Crippen LogP contribution in [0.1, 0.15) is 34.1 Å². The van der Waals surface area contributed by atoms with Gasteiger partial charge >= 0.3 is 0 Å². The Labute approximate surface area is 85.6 Å². The maximum absolute atomic E-state index is 11.5. The summed E-state index contributed by atoms with van der Waals surface area (Å²) in [6, 6.07) is -0.284. The van der Waals surface area contributed by atoms with Gasteiger partial charge in [0, 0.05) is 5.75 Å². The van der Waals surface area contributed by atoms with Gasteiger partial charge < -0.3 is 5.73 Å². The van der Waals surface area contributed by atoms with Crippen molar-refractivity contribution in [2.75, 3.05) is 5.75 Å². The molecule has 78 valence electrons. The number of carbonyl (C=O) groups is 1. The molecule has 0 aliphatic heterocycles. The van der Waals surface area contributed by atoms with E-state index in [1.165, 1.54) is 11.8 Å². The molecule has 0 amide bonds. The van der Waals surface area contributed by atoms with Crippen molar-refractivity contribution in [3.05, 3.63) is 0 Å². The van der Waals surface area contributed by atoms with Gasteiger partial charge in [0.15, 0.2) is 0 Å². The van der Waals surface area contributed by atoms with E-state index in [0.29, 0.717) is 11.8 Å². The fraction of sp³-hybridized carbons (Fsp3) is 0.900. The van der Waals surface area contributed by atoms with Gasteiger partial charge in [0.1, 0.15) is 0 Å². The van der Waals surface area contributed by atoms with Crippen LogP contribution in [0.2, 0.25) is 0 Å². The lowest BCUT2D eigenvalue weighted by Crippen LogP contribution is -2.35. The third kappa shape index (κ3) is 5.32. The van der Waals surface area contributed by atoms with E-state index in [-0.39, 0.29) is 11.2 Å². The van der Waals surface area contributed by atoms with Crippen LogP contribution in [0.25, 0.3) is 0 Å². The summed E-state index contributed by atoms with van der Waals surface area (Å²) in [6.07, 6.45) is 0.967. The molecule has 13 heavy (non-hydrogen) atoms. The molecule has 3 heteroatoms. The first-order valence-corrected chi connectivity index (χ1v) is 5.89. The smallest absolute Gasteiger partial charge is 0.205 e. The number of carbonyl (C=O) groups excluding carboxylic acids is 1. The predicted octanol–water partition coefficient (Wildman–Crippen LogP) is 2.28. The van der Waals surface area contributed by atoms with Gasteiger partial charge in [0.05, 0.1) is 6.04 Å². The third-order valence-corrected chi connectivity index (χ3v) is 3.48. The lowest BCUT2D eigenvalue weighted by atomic mass is 10.0. The van der Waals surface area contributed by atoms with E-state index in [9.17, 15) is 4.79 Å². The first-order valence-electron chi connectivity index (χ1n) is 4.91. The first-order chi connectivity index (χ1) is 5.99. The van der Waals surface area contributed by atoms with Gasteiger partial charge in [-0.3, -0.25) is 4.79 Å². The number of thioether (sulfide) groups is 1. The molecule has 0 heterocycles. The number of hydrogen-bond acceptors (Lipinski definition) is 3. The Bertz CT molecular complexity index is 159. The number of nitrogens with two attached hydrogens (primary N) is 1. The Hall–Kier alpha value is -0.0200. The summed E-state index contributed by atoms with van der Waals surface area (Å²) in [4.78, 5) is 11.5. The standard InChI is InChI=1S/C10H21NOS/c1-5-8(4)9(11)10(12)13-6-7(2)3/h7-9H,5-6,11H2,1-4H3. The van der Waals surface area contributed by atoms with Crippen molar-refractivity contribution >= 4 is 16.9 Å². The van der Waals surface area contributed by atoms with E-state index < -0.39 is 0 Å². The molecular weight excluding hydrogens is 182 g/mol. The minimum atomic E-state index is -0.284. The van der Waals surface area contributed by atoms with Crippen molar-refractivity contribution in [2.24, 2.45) is 17.6 Å². The van der Waals surface area contributed by atoms with Crippen molar-refractivity contribution in [2.45, 2.75) is 40.2 Å². The monoisotopic (exact) mass is 203 g/mol. The molecule has 2 atom stereocenters. The van der Waals surface area contributed by atoms with Crippen LogP contribution >= 0.6 is 11.8 Å². The average Bonchev–Trinajstić information content (AvgIpc) is 2.11. The Morgan fingerprint density at radius 3 is 2.31 bits per heavy atom. The van der Waals surface area contributed by atoms with Gasteiger partial charge in [-0.15, -0.1) is 0 Å². The molecule has 0 saturated carbocycles. The highest BCUT2D eigenvalue weighted by molar-refractivity contribution is 8.13. The van der Waals surface area contributed by atoms with E-state index in [4.69, 9.17) is 5.73 Å². The molecule has 0 aromatic rings. The van der Waals surface area contributed by atoms with Crippen LogP contribution in [-0.4, -0.2) is 16.9 Å². The maximum Gasteiger partial charge on any atom is 0.205 e. The Balaban J connectivity index is 3.82. The Morgan fingerprint density at radius 2 is 1.92 bits per heavy atom. The molecule has 0 radical (unpaired) electrons. The number of rotatable bonds is 5. The van der Waals surface area contributed by atoms with Crippen LogP contribution in [0.4, 0.5) is 0 Å². The third-order valence-electron chi connectivity index (χ3n) is 2.09. The molecule has 2 nitrogen and oxygen atoms in total. The SMILES string of the molecule is CCC(C)C(N)C(=O)SCC(C)C. The molecule has 0 aromatic heterocycles. The number of hydrogen-bond donors (Lipinski definition) is 1. The summed E-state index contributed by atoms with van der Waals surface area (Å²) in [5, 5.41) is 0.142. The summed E-state index contributed by atoms with van der Waals surface area (Å²) in [6.45, 7) is 8.30. The van der Waals surface area contributed by atoms with Gasteiger partial charge in [-0.05, 0) is 11.8 Å². The highest BCUT2D eigenvalue weighted by Gasteiger charge is 2.19. The molecule has 0 rings (SSSR count). The lowest BCUT2D eigenvalue weighted by molar-refractivity contribution is -0.113. The normalized spacial score (nSPS) is 15.8. The summed E-state index contributed by atoms with van der Waals surface area (Å²) < 4.78 is 0. The van der Waals surface area contributed by atoms with E-state index in [2.05, 4.69) is 20.8 Å². The van der Waals surface area contributed by atoms with E-state index in [1.807, 2.05) is 6.92 Å². The van der Waals surface area contributed by atoms with Gasteiger partial charge in [-0.1, -0.05) is 45.9 Å².